The molecule has 23 heavy (non-hydrogen) atoms. The van der Waals surface area contributed by atoms with E-state index in [0.29, 0.717) is 27.9 Å². The summed E-state index contributed by atoms with van der Waals surface area (Å²) in [5, 5.41) is 9.21. The van der Waals surface area contributed by atoms with Gasteiger partial charge < -0.3 is 25.4 Å². The fourth-order valence-electron chi connectivity index (χ4n) is 2.54. The Morgan fingerprint density at radius 3 is 2.61 bits per heavy atom. The monoisotopic (exact) mass is 399 g/mol. The van der Waals surface area contributed by atoms with Gasteiger partial charge >= 0.3 is 0 Å². The normalized spacial score (nSPS) is 17.3. The Balaban J connectivity index is 2.67. The molecule has 0 spiro atoms. The van der Waals surface area contributed by atoms with Crippen molar-refractivity contribution in [1.29, 1.82) is 0 Å². The van der Waals surface area contributed by atoms with E-state index in [0.717, 1.165) is 10.0 Å². The molecule has 0 aromatic heterocycles. The van der Waals surface area contributed by atoms with E-state index in [1.54, 1.807) is 27.3 Å². The first-order valence-corrected chi connectivity index (χ1v) is 8.04. The summed E-state index contributed by atoms with van der Waals surface area (Å²) in [6.45, 7) is 1.81. The third kappa shape index (κ3) is 3.42. The molecular formula is C15H18BrN3O3S. The predicted molar refractivity (Wildman–Crippen MR) is 95.6 cm³/mol. The predicted octanol–water partition coefficient (Wildman–Crippen LogP) is 2.01. The maximum absolute atomic E-state index is 12.3. The highest BCUT2D eigenvalue weighted by Gasteiger charge is 2.32. The molecule has 1 atom stereocenters. The highest BCUT2D eigenvalue weighted by atomic mass is 79.9. The number of thiocarbonyl (C=S) groups is 1. The van der Waals surface area contributed by atoms with Crippen LogP contribution in [0.5, 0.6) is 11.5 Å². The molecule has 0 radical (unpaired) electrons. The number of carbonyl (C=O) groups is 1. The molecule has 0 aliphatic carbocycles. The Kier molecular flexibility index (Phi) is 5.48. The third-order valence-corrected chi connectivity index (χ3v) is 4.20. The Morgan fingerprint density at radius 2 is 2.04 bits per heavy atom. The molecule has 1 aromatic rings. The molecular weight excluding hydrogens is 382 g/mol. The highest BCUT2D eigenvalue weighted by molar-refractivity contribution is 9.10. The zero-order chi connectivity index (χ0) is 17.1. The van der Waals surface area contributed by atoms with Gasteiger partial charge in [-0.2, -0.15) is 0 Å². The van der Waals surface area contributed by atoms with Crippen LogP contribution in [0.25, 0.3) is 0 Å². The van der Waals surface area contributed by atoms with E-state index in [1.165, 1.54) is 0 Å². The number of rotatable bonds is 4. The standard InChI is InChI=1S/C15H18BrN3O3S/c1-7-11(14(20)17-2)12(19-15(23)18-7)9-5-8(16)6-10(21-3)13(9)22-4/h5-6,12H,1-4H3,(H,17,20)(H2,18,19,23)/t12-/m0/s1. The van der Waals surface area contributed by atoms with Gasteiger partial charge in [0.05, 0.1) is 25.8 Å². The number of nitrogens with one attached hydrogen (secondary N) is 3. The van der Waals surface area contributed by atoms with Gasteiger partial charge in [0, 0.05) is 22.8 Å². The highest BCUT2D eigenvalue weighted by Crippen LogP contribution is 2.41. The summed E-state index contributed by atoms with van der Waals surface area (Å²) in [5.74, 6) is 0.917. The summed E-state index contributed by atoms with van der Waals surface area (Å²) in [7, 11) is 4.71. The van der Waals surface area contributed by atoms with E-state index >= 15 is 0 Å². The Morgan fingerprint density at radius 1 is 1.35 bits per heavy atom. The minimum Gasteiger partial charge on any atom is -0.493 e. The van der Waals surface area contributed by atoms with Crippen LogP contribution < -0.4 is 25.4 Å². The van der Waals surface area contributed by atoms with Crippen LogP contribution in [0.15, 0.2) is 27.9 Å². The van der Waals surface area contributed by atoms with Crippen LogP contribution in [-0.2, 0) is 4.79 Å². The maximum Gasteiger partial charge on any atom is 0.251 e. The Hall–Kier alpha value is -1.80. The number of methoxy groups -OCH3 is 2. The van der Waals surface area contributed by atoms with E-state index in [-0.39, 0.29) is 5.91 Å². The van der Waals surface area contributed by atoms with Crippen molar-refractivity contribution in [1.82, 2.24) is 16.0 Å². The largest absolute Gasteiger partial charge is 0.493 e. The second-order valence-corrected chi connectivity index (χ2v) is 6.20. The number of benzene rings is 1. The quantitative estimate of drug-likeness (QED) is 0.672. The van der Waals surface area contributed by atoms with Crippen molar-refractivity contribution in [2.45, 2.75) is 13.0 Å². The van der Waals surface area contributed by atoms with E-state index in [2.05, 4.69) is 31.9 Å². The molecule has 3 N–H and O–H groups in total. The van der Waals surface area contributed by atoms with Crippen LogP contribution in [0.2, 0.25) is 0 Å². The van der Waals surface area contributed by atoms with Gasteiger partial charge in [-0.25, -0.2) is 0 Å². The van der Waals surface area contributed by atoms with E-state index in [4.69, 9.17) is 21.7 Å². The lowest BCUT2D eigenvalue weighted by molar-refractivity contribution is -0.117. The average Bonchev–Trinajstić information content (AvgIpc) is 2.52. The number of ether oxygens (including phenoxy) is 2. The fraction of sp³-hybridized carbons (Fsp3) is 0.333. The number of halogens is 1. The van der Waals surface area contributed by atoms with Crippen molar-refractivity contribution in [2.24, 2.45) is 0 Å². The maximum atomic E-state index is 12.3. The lowest BCUT2D eigenvalue weighted by Crippen LogP contribution is -2.46. The van der Waals surface area contributed by atoms with Gasteiger partial charge in [-0.15, -0.1) is 0 Å². The van der Waals surface area contributed by atoms with Gasteiger partial charge in [0.15, 0.2) is 16.6 Å². The third-order valence-electron chi connectivity index (χ3n) is 3.52. The first-order chi connectivity index (χ1) is 10.9. The van der Waals surface area contributed by atoms with Gasteiger partial charge in [0.1, 0.15) is 0 Å². The van der Waals surface area contributed by atoms with Gasteiger partial charge in [-0.1, -0.05) is 15.9 Å². The van der Waals surface area contributed by atoms with E-state index in [1.807, 2.05) is 13.0 Å². The van der Waals surface area contributed by atoms with E-state index < -0.39 is 6.04 Å². The van der Waals surface area contributed by atoms with Crippen molar-refractivity contribution in [3.63, 3.8) is 0 Å². The molecule has 1 aliphatic rings. The van der Waals surface area contributed by atoms with Crippen LogP contribution in [0.3, 0.4) is 0 Å². The van der Waals surface area contributed by atoms with Crippen LogP contribution in [0.1, 0.15) is 18.5 Å². The molecule has 1 heterocycles. The van der Waals surface area contributed by atoms with Crippen molar-refractivity contribution < 1.29 is 14.3 Å². The summed E-state index contributed by atoms with van der Waals surface area (Å²) in [6, 6.07) is 3.23. The second kappa shape index (κ2) is 7.18. The smallest absolute Gasteiger partial charge is 0.251 e. The van der Waals surface area contributed by atoms with Gasteiger partial charge in [0.2, 0.25) is 0 Å². The van der Waals surface area contributed by atoms with Gasteiger partial charge in [-0.3, -0.25) is 4.79 Å². The molecule has 124 valence electrons. The number of allylic oxidation sites excluding steroid dienone is 1. The first-order valence-electron chi connectivity index (χ1n) is 6.84. The molecule has 6 nitrogen and oxygen atoms in total. The van der Waals surface area contributed by atoms with Crippen LogP contribution in [-0.4, -0.2) is 32.3 Å². The average molecular weight is 400 g/mol. The molecule has 8 heteroatoms. The number of amides is 1. The number of hydrogen-bond donors (Lipinski definition) is 3. The Bertz CT molecular complexity index is 691. The summed E-state index contributed by atoms with van der Waals surface area (Å²) in [6.07, 6.45) is 0. The van der Waals surface area contributed by atoms with E-state index in [9.17, 15) is 4.79 Å². The summed E-state index contributed by atoms with van der Waals surface area (Å²) >= 11 is 8.70. The molecule has 0 unspecified atom stereocenters. The molecule has 2 rings (SSSR count). The minimum absolute atomic E-state index is 0.198. The van der Waals surface area contributed by atoms with Crippen molar-refractivity contribution >= 4 is 39.2 Å². The SMILES string of the molecule is CNC(=O)C1=C(C)NC(=S)N[C@H]1c1cc(Br)cc(OC)c1OC. The Labute approximate surface area is 148 Å². The van der Waals surface area contributed by atoms with Crippen LogP contribution in [0, 0.1) is 0 Å². The summed E-state index contributed by atoms with van der Waals surface area (Å²) < 4.78 is 11.7. The number of carbonyl (C=O) groups excluding carboxylic acids is 1. The fourth-order valence-corrected chi connectivity index (χ4v) is 3.26. The van der Waals surface area contributed by atoms with Crippen molar-refractivity contribution in [3.05, 3.63) is 33.4 Å². The summed E-state index contributed by atoms with van der Waals surface area (Å²) in [4.78, 5) is 12.3. The molecule has 0 saturated heterocycles. The molecule has 1 aromatic carbocycles. The molecule has 0 fully saturated rings. The summed E-state index contributed by atoms with van der Waals surface area (Å²) in [5.41, 5.74) is 1.99. The topological polar surface area (TPSA) is 71.6 Å². The van der Waals surface area contributed by atoms with Crippen LogP contribution in [0.4, 0.5) is 0 Å². The lowest BCUT2D eigenvalue weighted by Gasteiger charge is -2.31. The zero-order valence-corrected chi connectivity index (χ0v) is 15.6. The van der Waals surface area contributed by atoms with Crippen molar-refractivity contribution in [3.8, 4) is 11.5 Å². The second-order valence-electron chi connectivity index (χ2n) is 4.88. The molecule has 0 saturated carbocycles. The molecule has 1 aliphatic heterocycles. The number of likely N-dealkylation sites (N-methyl/N-ethyl adjacent to an activating group) is 1. The first kappa shape index (κ1) is 17.6. The van der Waals surface area contributed by atoms with Gasteiger partial charge in [0.25, 0.3) is 5.91 Å². The van der Waals surface area contributed by atoms with Gasteiger partial charge in [-0.05, 0) is 31.3 Å². The van der Waals surface area contributed by atoms with Crippen LogP contribution >= 0.6 is 28.1 Å². The molecule has 0 bridgehead atoms. The zero-order valence-electron chi connectivity index (χ0n) is 13.2. The lowest BCUT2D eigenvalue weighted by atomic mass is 9.94. The number of hydrogen-bond acceptors (Lipinski definition) is 4. The minimum atomic E-state index is -0.454. The molecule has 1 amide bonds. The van der Waals surface area contributed by atoms with Crippen molar-refractivity contribution in [2.75, 3.05) is 21.3 Å².